The first-order valence-corrected chi connectivity index (χ1v) is 18.3. The molecule has 8 nitrogen and oxygen atoms in total. The Morgan fingerprint density at radius 1 is 0.617 bits per heavy atom. The van der Waals surface area contributed by atoms with E-state index in [0.29, 0.717) is 12.1 Å². The Morgan fingerprint density at radius 3 is 1.64 bits per heavy atom. The van der Waals surface area contributed by atoms with Gasteiger partial charge in [-0.05, 0) is 118 Å². The summed E-state index contributed by atoms with van der Waals surface area (Å²) >= 11 is 14.3. The summed E-state index contributed by atoms with van der Waals surface area (Å²) in [5.74, 6) is 2.09. The molecule has 0 spiro atoms. The van der Waals surface area contributed by atoms with Gasteiger partial charge in [0.2, 0.25) is 0 Å². The van der Waals surface area contributed by atoms with Crippen molar-refractivity contribution in [2.24, 2.45) is 0 Å². The number of aromatic amines is 2. The average Bonchev–Trinajstić information content (AvgIpc) is 3.93. The van der Waals surface area contributed by atoms with E-state index in [0.717, 1.165) is 107 Å². The van der Waals surface area contributed by atoms with Crippen molar-refractivity contribution in [1.29, 1.82) is 0 Å². The average molecular weight is 670 g/mol. The molecule has 4 atom stereocenters. The highest BCUT2D eigenvalue weighted by Crippen LogP contribution is 2.50. The zero-order chi connectivity index (χ0) is 31.5. The Bertz CT molecular complexity index is 1790. The van der Waals surface area contributed by atoms with Gasteiger partial charge >= 0.3 is 0 Å². The lowest BCUT2D eigenvalue weighted by atomic mass is 10.0. The number of H-pyrrole nitrogens is 2. The van der Waals surface area contributed by atoms with Gasteiger partial charge in [0.25, 0.3) is 0 Å². The number of anilines is 2. The van der Waals surface area contributed by atoms with Crippen LogP contribution < -0.4 is 20.4 Å². The molecule has 0 unspecified atom stereocenters. The van der Waals surface area contributed by atoms with Crippen LogP contribution in [0.2, 0.25) is 10.0 Å². The summed E-state index contributed by atoms with van der Waals surface area (Å²) in [6.07, 6.45) is 10.3. The molecule has 0 bridgehead atoms. The minimum absolute atomic E-state index is 0.157. The fourth-order valence-electron chi connectivity index (χ4n) is 8.62. The fourth-order valence-corrected chi connectivity index (χ4v) is 9.34. The second-order valence-electron chi connectivity index (χ2n) is 13.9. The van der Waals surface area contributed by atoms with Crippen LogP contribution >= 0.6 is 23.2 Å². The first-order chi connectivity index (χ1) is 23.1. The van der Waals surface area contributed by atoms with Gasteiger partial charge in [0.15, 0.2) is 0 Å². The maximum absolute atomic E-state index is 7.13. The molecule has 47 heavy (non-hydrogen) atoms. The van der Waals surface area contributed by atoms with Crippen molar-refractivity contribution in [3.63, 3.8) is 0 Å². The van der Waals surface area contributed by atoms with Crippen LogP contribution in [0.25, 0.3) is 22.1 Å². The van der Waals surface area contributed by atoms with Gasteiger partial charge in [-0.2, -0.15) is 0 Å². The molecule has 2 aromatic heterocycles. The smallest absolute Gasteiger partial charge is 0.124 e. The second kappa shape index (κ2) is 12.3. The standard InChI is InChI=1S/C37H42Cl2N8/c38-25-20-24(21-26(39)35(25)46-16-2-1-3-17-46)47-33(22-8-10-27-31(18-22)44-36(42-27)29-6-4-14-40-29)12-13-34(47)23-9-11-28-32(19-23)45-37(43-28)30-7-5-15-41-30/h8-11,18-21,29-30,33-34,40-41H,1-7,12-17H2,(H,42,44)(H,43,45)/t29-,30-,33-,34+/m0/s1. The fraction of sp³-hybridized carbons (Fsp3) is 0.459. The van der Waals surface area contributed by atoms with Crippen molar-refractivity contribution in [2.45, 2.75) is 82.0 Å². The van der Waals surface area contributed by atoms with Gasteiger partial charge < -0.3 is 30.4 Å². The summed E-state index contributed by atoms with van der Waals surface area (Å²) in [4.78, 5) is 22.1. The number of nitrogens with one attached hydrogen (secondary N) is 4. The maximum atomic E-state index is 7.13. The first-order valence-electron chi connectivity index (χ1n) is 17.6. The third-order valence-electron chi connectivity index (χ3n) is 11.0. The molecule has 0 radical (unpaired) electrons. The van der Waals surface area contributed by atoms with E-state index in [1.54, 1.807) is 0 Å². The van der Waals surface area contributed by atoms with Crippen molar-refractivity contribution in [1.82, 2.24) is 30.6 Å². The number of halogens is 2. The van der Waals surface area contributed by atoms with E-state index in [9.17, 15) is 0 Å². The normalized spacial score (nSPS) is 25.1. The summed E-state index contributed by atoms with van der Waals surface area (Å²) < 4.78 is 0. The van der Waals surface area contributed by atoms with Gasteiger partial charge in [-0.15, -0.1) is 0 Å². The molecular formula is C37H42Cl2N8. The van der Waals surface area contributed by atoms with Crippen LogP contribution in [0.1, 0.15) is 105 Å². The van der Waals surface area contributed by atoms with Gasteiger partial charge in [-0.25, -0.2) is 9.97 Å². The van der Waals surface area contributed by atoms with E-state index in [4.69, 9.17) is 33.2 Å². The van der Waals surface area contributed by atoms with Crippen LogP contribution in [0, 0.1) is 0 Å². The largest absolute Gasteiger partial charge is 0.369 e. The number of rotatable bonds is 6. The lowest BCUT2D eigenvalue weighted by molar-refractivity contribution is 0.578. The van der Waals surface area contributed by atoms with E-state index in [1.807, 2.05) is 0 Å². The predicted molar refractivity (Wildman–Crippen MR) is 192 cm³/mol. The topological polar surface area (TPSA) is 87.9 Å². The SMILES string of the molecule is Clc1cc(N2[C@@H](c3ccc4nc([C@@H]5CCCN5)[nH]c4c3)CC[C@H]2c2ccc3nc([C@@H]4CCCN4)[nH]c3c2)cc(Cl)c1N1CCCCC1. The highest BCUT2D eigenvalue weighted by Gasteiger charge is 2.37. The molecule has 6 heterocycles. The molecule has 5 aromatic rings. The van der Waals surface area contributed by atoms with Gasteiger partial charge in [-0.1, -0.05) is 35.3 Å². The quantitative estimate of drug-likeness (QED) is 0.145. The number of hydrogen-bond acceptors (Lipinski definition) is 6. The minimum atomic E-state index is 0.157. The number of imidazole rings is 2. The van der Waals surface area contributed by atoms with E-state index in [1.165, 1.54) is 43.2 Å². The van der Waals surface area contributed by atoms with Crippen molar-refractivity contribution >= 4 is 56.6 Å². The number of nitrogens with zero attached hydrogens (tertiary/aromatic N) is 4. The summed E-state index contributed by atoms with van der Waals surface area (Å²) in [5, 5.41) is 8.63. The van der Waals surface area contributed by atoms with Crippen LogP contribution in [0.4, 0.5) is 11.4 Å². The predicted octanol–water partition coefficient (Wildman–Crippen LogP) is 8.67. The third-order valence-corrected chi connectivity index (χ3v) is 11.5. The molecule has 4 N–H and O–H groups in total. The Balaban J connectivity index is 1.11. The van der Waals surface area contributed by atoms with E-state index in [-0.39, 0.29) is 12.1 Å². The van der Waals surface area contributed by atoms with Gasteiger partial charge in [0.05, 0.1) is 62.0 Å². The summed E-state index contributed by atoms with van der Waals surface area (Å²) in [6.45, 7) is 4.10. The molecule has 4 saturated heterocycles. The highest BCUT2D eigenvalue weighted by atomic mass is 35.5. The van der Waals surface area contributed by atoms with E-state index < -0.39 is 0 Å². The van der Waals surface area contributed by atoms with E-state index in [2.05, 4.69) is 78.9 Å². The van der Waals surface area contributed by atoms with Gasteiger partial charge in [0.1, 0.15) is 11.6 Å². The van der Waals surface area contributed by atoms with Crippen LogP contribution in [0.3, 0.4) is 0 Å². The summed E-state index contributed by atoms with van der Waals surface area (Å²) in [6, 6.07) is 18.7. The Hall–Kier alpha value is -3.30. The summed E-state index contributed by atoms with van der Waals surface area (Å²) in [7, 11) is 0. The third kappa shape index (κ3) is 5.47. The van der Waals surface area contributed by atoms with Crippen molar-refractivity contribution in [3.8, 4) is 0 Å². The molecule has 4 aliphatic heterocycles. The number of hydrogen-bond donors (Lipinski definition) is 4. The Labute approximate surface area is 285 Å². The number of benzene rings is 3. The minimum Gasteiger partial charge on any atom is -0.369 e. The first kappa shape index (κ1) is 29.8. The van der Waals surface area contributed by atoms with Crippen LogP contribution in [-0.4, -0.2) is 46.1 Å². The van der Waals surface area contributed by atoms with Crippen molar-refractivity contribution in [2.75, 3.05) is 36.0 Å². The molecule has 3 aromatic carbocycles. The van der Waals surface area contributed by atoms with Crippen LogP contribution in [0.5, 0.6) is 0 Å². The summed E-state index contributed by atoms with van der Waals surface area (Å²) in [5.41, 5.74) is 8.83. The van der Waals surface area contributed by atoms with Crippen molar-refractivity contribution in [3.05, 3.63) is 81.4 Å². The van der Waals surface area contributed by atoms with Gasteiger partial charge in [0, 0.05) is 18.8 Å². The molecule has 4 aliphatic rings. The van der Waals surface area contributed by atoms with Gasteiger partial charge in [-0.3, -0.25) is 0 Å². The molecule has 9 rings (SSSR count). The molecule has 244 valence electrons. The number of piperidine rings is 1. The maximum Gasteiger partial charge on any atom is 0.124 e. The molecule has 10 heteroatoms. The molecule has 0 saturated carbocycles. The molecule has 0 aliphatic carbocycles. The number of aromatic nitrogens is 4. The molecular weight excluding hydrogens is 627 g/mol. The molecule has 4 fully saturated rings. The Kier molecular flexibility index (Phi) is 7.80. The monoisotopic (exact) mass is 668 g/mol. The van der Waals surface area contributed by atoms with Crippen LogP contribution in [0.15, 0.2) is 48.5 Å². The lowest BCUT2D eigenvalue weighted by Gasteiger charge is -2.35. The zero-order valence-electron chi connectivity index (χ0n) is 26.7. The lowest BCUT2D eigenvalue weighted by Crippen LogP contribution is -2.30. The number of fused-ring (bicyclic) bond motifs is 2. The highest BCUT2D eigenvalue weighted by molar-refractivity contribution is 6.39. The second-order valence-corrected chi connectivity index (χ2v) is 14.7. The van der Waals surface area contributed by atoms with Crippen LogP contribution in [-0.2, 0) is 0 Å². The molecule has 0 amide bonds. The van der Waals surface area contributed by atoms with E-state index >= 15 is 0 Å². The van der Waals surface area contributed by atoms with Crippen molar-refractivity contribution < 1.29 is 0 Å². The zero-order valence-corrected chi connectivity index (χ0v) is 28.2. The Morgan fingerprint density at radius 2 is 1.15 bits per heavy atom.